The lowest BCUT2D eigenvalue weighted by Crippen LogP contribution is -2.51. The van der Waals surface area contributed by atoms with Crippen LogP contribution >= 0.6 is 0 Å². The van der Waals surface area contributed by atoms with Gasteiger partial charge in [0.2, 0.25) is 5.91 Å². The molecule has 1 aliphatic heterocycles. The molecule has 1 saturated carbocycles. The smallest absolute Gasteiger partial charge is 0.338 e. The Kier molecular flexibility index (Phi) is 4.73. The van der Waals surface area contributed by atoms with Crippen molar-refractivity contribution in [3.05, 3.63) is 47.5 Å². The number of carbonyl (C=O) groups is 2. The number of hydrogen-bond donors (Lipinski definition) is 0. The first-order valence-electron chi connectivity index (χ1n) is 9.14. The normalized spacial score (nSPS) is 23.3. The molecule has 0 saturated heterocycles. The third kappa shape index (κ3) is 3.30. The minimum atomic E-state index is -4.41. The zero-order valence-corrected chi connectivity index (χ0v) is 15.7. The lowest BCUT2D eigenvalue weighted by atomic mass is 9.63. The van der Waals surface area contributed by atoms with Gasteiger partial charge in [0.25, 0.3) is 0 Å². The summed E-state index contributed by atoms with van der Waals surface area (Å²) in [6.07, 6.45) is -1.22. The predicted molar refractivity (Wildman–Crippen MR) is 95.8 cm³/mol. The van der Waals surface area contributed by atoms with Crippen molar-refractivity contribution in [1.29, 1.82) is 0 Å². The highest BCUT2D eigenvalue weighted by atomic mass is 19.4. The summed E-state index contributed by atoms with van der Waals surface area (Å²) in [5.41, 5.74) is -0.783. The van der Waals surface area contributed by atoms with Gasteiger partial charge in [0.05, 0.1) is 11.0 Å². The van der Waals surface area contributed by atoms with Crippen LogP contribution in [0.1, 0.15) is 49.8 Å². The number of Topliss-reactive ketones (excluding diaryl/α,β-unsaturated/α-hetero) is 1. The van der Waals surface area contributed by atoms with Crippen LogP contribution in [0.15, 0.2) is 30.9 Å². The summed E-state index contributed by atoms with van der Waals surface area (Å²) in [6, 6.07) is 3.73. The molecule has 1 aromatic carbocycles. The van der Waals surface area contributed by atoms with Crippen LogP contribution in [0.25, 0.3) is 0 Å². The molecule has 1 aromatic rings. The maximum Gasteiger partial charge on any atom is 0.416 e. The highest BCUT2D eigenvalue weighted by Gasteiger charge is 2.55. The number of rotatable bonds is 3. The average Bonchev–Trinajstić information content (AvgIpc) is 3.03. The van der Waals surface area contributed by atoms with E-state index in [0.717, 1.165) is 17.7 Å². The Hall–Kier alpha value is -2.11. The van der Waals surface area contributed by atoms with Crippen LogP contribution in [0.5, 0.6) is 0 Å². The van der Waals surface area contributed by atoms with Gasteiger partial charge in [0, 0.05) is 25.9 Å². The van der Waals surface area contributed by atoms with E-state index in [-0.39, 0.29) is 24.7 Å². The average molecular weight is 379 g/mol. The Balaban J connectivity index is 1.92. The number of alkyl halides is 3. The van der Waals surface area contributed by atoms with Gasteiger partial charge in [-0.05, 0) is 41.5 Å². The van der Waals surface area contributed by atoms with E-state index in [1.54, 1.807) is 11.0 Å². The van der Waals surface area contributed by atoms with Crippen molar-refractivity contribution in [3.8, 4) is 0 Å². The van der Waals surface area contributed by atoms with E-state index >= 15 is 0 Å². The number of halogens is 3. The van der Waals surface area contributed by atoms with Crippen LogP contribution in [0.3, 0.4) is 0 Å². The van der Waals surface area contributed by atoms with E-state index in [9.17, 15) is 22.8 Å². The Morgan fingerprint density at radius 3 is 2.48 bits per heavy atom. The van der Waals surface area contributed by atoms with Gasteiger partial charge in [-0.2, -0.15) is 13.2 Å². The number of fused-ring (bicyclic) bond motifs is 1. The van der Waals surface area contributed by atoms with Crippen molar-refractivity contribution < 1.29 is 22.8 Å². The summed E-state index contributed by atoms with van der Waals surface area (Å²) in [7, 11) is 0. The van der Waals surface area contributed by atoms with Crippen LogP contribution in [-0.4, -0.2) is 23.1 Å². The standard InChI is InChI=1S/C21H24F3NO2/c1-4-19(2,3)20(9-7-17(26)12-20)18(27)25-10-8-14-5-6-16(21(22,23)24)11-15(14)13-25/h4-6,11H,1,7-10,12-13H2,2-3H3/t20-/m1/s1. The van der Waals surface area contributed by atoms with Crippen LogP contribution in [0.4, 0.5) is 13.2 Å². The highest BCUT2D eigenvalue weighted by molar-refractivity contribution is 5.94. The molecule has 1 heterocycles. The van der Waals surface area contributed by atoms with E-state index in [2.05, 4.69) is 6.58 Å². The summed E-state index contributed by atoms with van der Waals surface area (Å²) in [6.45, 7) is 8.22. The zero-order valence-electron chi connectivity index (χ0n) is 15.7. The number of benzene rings is 1. The van der Waals surface area contributed by atoms with Gasteiger partial charge in [-0.1, -0.05) is 26.0 Å². The van der Waals surface area contributed by atoms with E-state index in [1.165, 1.54) is 6.07 Å². The lowest BCUT2D eigenvalue weighted by molar-refractivity contribution is -0.149. The predicted octanol–water partition coefficient (Wildman–Crippen LogP) is 4.54. The molecule has 3 nitrogen and oxygen atoms in total. The molecule has 3 rings (SSSR count). The van der Waals surface area contributed by atoms with Crippen LogP contribution < -0.4 is 0 Å². The first-order valence-corrected chi connectivity index (χ1v) is 9.14. The molecule has 0 radical (unpaired) electrons. The molecule has 1 fully saturated rings. The van der Waals surface area contributed by atoms with Crippen molar-refractivity contribution in [2.45, 2.75) is 52.3 Å². The van der Waals surface area contributed by atoms with Crippen molar-refractivity contribution in [2.75, 3.05) is 6.54 Å². The van der Waals surface area contributed by atoms with E-state index in [4.69, 9.17) is 0 Å². The summed E-state index contributed by atoms with van der Waals surface area (Å²) < 4.78 is 39.1. The van der Waals surface area contributed by atoms with Gasteiger partial charge < -0.3 is 4.90 Å². The molecular formula is C21H24F3NO2. The number of hydrogen-bond acceptors (Lipinski definition) is 2. The minimum absolute atomic E-state index is 0.0510. The molecule has 0 unspecified atom stereocenters. The number of ketones is 1. The topological polar surface area (TPSA) is 37.4 Å². The highest BCUT2D eigenvalue weighted by Crippen LogP contribution is 2.52. The van der Waals surface area contributed by atoms with Crippen LogP contribution in [-0.2, 0) is 28.7 Å². The lowest BCUT2D eigenvalue weighted by Gasteiger charge is -2.44. The van der Waals surface area contributed by atoms with Gasteiger partial charge in [-0.15, -0.1) is 6.58 Å². The van der Waals surface area contributed by atoms with E-state index in [0.29, 0.717) is 31.4 Å². The quantitative estimate of drug-likeness (QED) is 0.723. The maximum absolute atomic E-state index is 13.5. The fraction of sp³-hybridized carbons (Fsp3) is 0.524. The van der Waals surface area contributed by atoms with E-state index in [1.807, 2.05) is 13.8 Å². The number of amides is 1. The van der Waals surface area contributed by atoms with Crippen molar-refractivity contribution in [1.82, 2.24) is 4.90 Å². The molecule has 0 aromatic heterocycles. The number of carbonyl (C=O) groups excluding carboxylic acids is 2. The molecular weight excluding hydrogens is 355 g/mol. The Bertz CT molecular complexity index is 797. The molecule has 0 N–H and O–H groups in total. The third-order valence-electron chi connectivity index (χ3n) is 6.32. The fourth-order valence-electron chi connectivity index (χ4n) is 4.28. The van der Waals surface area contributed by atoms with Gasteiger partial charge in [0.1, 0.15) is 5.78 Å². The molecule has 1 amide bonds. The largest absolute Gasteiger partial charge is 0.416 e. The first kappa shape index (κ1) is 19.6. The second-order valence-electron chi connectivity index (χ2n) is 8.18. The molecule has 6 heteroatoms. The van der Waals surface area contributed by atoms with Crippen LogP contribution in [0, 0.1) is 10.8 Å². The number of nitrogens with zero attached hydrogens (tertiary/aromatic N) is 1. The van der Waals surface area contributed by atoms with Gasteiger partial charge in [-0.25, -0.2) is 0 Å². The molecule has 27 heavy (non-hydrogen) atoms. The molecule has 1 aliphatic carbocycles. The minimum Gasteiger partial charge on any atom is -0.338 e. The van der Waals surface area contributed by atoms with E-state index < -0.39 is 22.6 Å². The van der Waals surface area contributed by atoms with Crippen LogP contribution in [0.2, 0.25) is 0 Å². The molecule has 0 spiro atoms. The van der Waals surface area contributed by atoms with Crippen molar-refractivity contribution in [3.63, 3.8) is 0 Å². The number of allylic oxidation sites excluding steroid dienone is 1. The monoisotopic (exact) mass is 379 g/mol. The second kappa shape index (κ2) is 6.50. The molecule has 0 bridgehead atoms. The Morgan fingerprint density at radius 1 is 1.22 bits per heavy atom. The first-order chi connectivity index (χ1) is 12.5. The van der Waals surface area contributed by atoms with Crippen molar-refractivity contribution in [2.24, 2.45) is 10.8 Å². The van der Waals surface area contributed by atoms with Gasteiger partial charge >= 0.3 is 6.18 Å². The SMILES string of the molecule is C=CC(C)(C)[C@]1(C(=O)N2CCc3ccc(C(F)(F)F)cc3C2)CCC(=O)C1. The summed E-state index contributed by atoms with van der Waals surface area (Å²) >= 11 is 0. The Labute approximate surface area is 157 Å². The molecule has 2 aliphatic rings. The third-order valence-corrected chi connectivity index (χ3v) is 6.32. The Morgan fingerprint density at radius 2 is 1.93 bits per heavy atom. The summed E-state index contributed by atoms with van der Waals surface area (Å²) in [5.74, 6) is -0.101. The fourth-order valence-corrected chi connectivity index (χ4v) is 4.28. The molecule has 146 valence electrons. The zero-order chi connectivity index (χ0) is 20.0. The van der Waals surface area contributed by atoms with Crippen molar-refractivity contribution >= 4 is 11.7 Å². The summed E-state index contributed by atoms with van der Waals surface area (Å²) in [4.78, 5) is 27.1. The van der Waals surface area contributed by atoms with Gasteiger partial charge in [0.15, 0.2) is 0 Å². The van der Waals surface area contributed by atoms with Gasteiger partial charge in [-0.3, -0.25) is 9.59 Å². The maximum atomic E-state index is 13.5. The molecule has 1 atom stereocenters. The summed E-state index contributed by atoms with van der Waals surface area (Å²) in [5, 5.41) is 0. The second-order valence-corrected chi connectivity index (χ2v) is 8.18.